The number of carbonyl (C=O) groups excluding carboxylic acids is 1. The maximum absolute atomic E-state index is 13.2. The second-order valence-electron chi connectivity index (χ2n) is 9.14. The lowest BCUT2D eigenvalue weighted by molar-refractivity contribution is -0.0505. The van der Waals surface area contributed by atoms with Crippen LogP contribution in [0.2, 0.25) is 0 Å². The molecule has 3 aromatic heterocycles. The highest BCUT2D eigenvalue weighted by atomic mass is 19.3. The first-order valence-electron chi connectivity index (χ1n) is 11.3. The number of ether oxygens (including phenoxy) is 1. The minimum atomic E-state index is -2.99. The zero-order chi connectivity index (χ0) is 23.1. The molecule has 2 aliphatic carbocycles. The molecule has 7 rings (SSSR count). The molecule has 10 heteroatoms. The van der Waals surface area contributed by atoms with Crippen molar-refractivity contribution in [1.82, 2.24) is 29.3 Å². The Bertz CT molecular complexity index is 1470. The predicted molar refractivity (Wildman–Crippen MR) is 117 cm³/mol. The highest BCUT2D eigenvalue weighted by molar-refractivity contribution is 5.98. The summed E-state index contributed by atoms with van der Waals surface area (Å²) in [6.07, 6.45) is 8.49. The number of nitrogens with zero attached hydrogens (tertiary/aromatic N) is 6. The van der Waals surface area contributed by atoms with Crippen LogP contribution in [0.1, 0.15) is 64.4 Å². The van der Waals surface area contributed by atoms with Crippen LogP contribution in [0, 0.1) is 0 Å². The number of carbonyl (C=O) groups is 1. The first-order chi connectivity index (χ1) is 16.5. The summed E-state index contributed by atoms with van der Waals surface area (Å²) in [7, 11) is 1.73. The molecular weight excluding hydrogens is 442 g/mol. The SMILES string of the molecule is CN1C(=O)c2cccc(OC(F)F)c2C2CC1c1nn3ccc(-c4cnn(C5CC5)c4)nc3c12. The molecular formula is C24H20F2N6O2. The Kier molecular flexibility index (Phi) is 3.95. The number of aromatic nitrogens is 5. The molecule has 172 valence electrons. The normalized spacial score (nSPS) is 21.2. The van der Waals surface area contributed by atoms with Gasteiger partial charge in [-0.15, -0.1) is 0 Å². The third-order valence-electron chi connectivity index (χ3n) is 7.14. The van der Waals surface area contributed by atoms with Gasteiger partial charge < -0.3 is 9.64 Å². The van der Waals surface area contributed by atoms with Gasteiger partial charge in [0.05, 0.1) is 29.7 Å². The standard InChI is InChI=1S/C24H20F2N6O2/c1-30-17-9-15(19-14(23(30)33)3-2-4-18(19)34-24(25)26)20-21(17)29-31-8-7-16(28-22(20)31)12-10-27-32(11-12)13-5-6-13/h2-4,7-8,10-11,13,15,17,24H,5-6,9H2,1H3. The topological polar surface area (TPSA) is 77.5 Å². The van der Waals surface area contributed by atoms with E-state index in [4.69, 9.17) is 14.8 Å². The van der Waals surface area contributed by atoms with Gasteiger partial charge in [0.15, 0.2) is 5.65 Å². The van der Waals surface area contributed by atoms with Crippen molar-refractivity contribution >= 4 is 11.6 Å². The molecule has 2 unspecified atom stereocenters. The molecule has 0 radical (unpaired) electrons. The van der Waals surface area contributed by atoms with Crippen LogP contribution in [-0.2, 0) is 0 Å². The van der Waals surface area contributed by atoms with E-state index in [0.29, 0.717) is 29.2 Å². The lowest BCUT2D eigenvalue weighted by Gasteiger charge is -2.23. The highest BCUT2D eigenvalue weighted by Gasteiger charge is 2.46. The van der Waals surface area contributed by atoms with E-state index in [9.17, 15) is 13.6 Å². The average molecular weight is 462 g/mol. The zero-order valence-electron chi connectivity index (χ0n) is 18.2. The molecule has 1 aliphatic heterocycles. The fraction of sp³-hybridized carbons (Fsp3) is 0.333. The van der Waals surface area contributed by atoms with Crippen molar-refractivity contribution in [1.29, 1.82) is 0 Å². The molecule has 1 amide bonds. The third-order valence-corrected chi connectivity index (χ3v) is 7.14. The Labute approximate surface area is 192 Å². The van der Waals surface area contributed by atoms with Crippen LogP contribution in [0.3, 0.4) is 0 Å². The lowest BCUT2D eigenvalue weighted by atomic mass is 9.89. The van der Waals surface area contributed by atoms with Crippen LogP contribution in [0.25, 0.3) is 16.9 Å². The van der Waals surface area contributed by atoms with Crippen LogP contribution >= 0.6 is 0 Å². The van der Waals surface area contributed by atoms with Crippen molar-refractivity contribution in [2.75, 3.05) is 7.05 Å². The van der Waals surface area contributed by atoms with E-state index >= 15 is 0 Å². The molecule has 0 spiro atoms. The van der Waals surface area contributed by atoms with Crippen molar-refractivity contribution in [3.8, 4) is 17.0 Å². The second kappa shape index (κ2) is 6.85. The van der Waals surface area contributed by atoms with E-state index in [1.54, 1.807) is 28.6 Å². The number of amides is 1. The molecule has 0 N–H and O–H groups in total. The summed E-state index contributed by atoms with van der Waals surface area (Å²) < 4.78 is 35.0. The number of hydrogen-bond acceptors (Lipinski definition) is 5. The summed E-state index contributed by atoms with van der Waals surface area (Å²) in [5.41, 5.74) is 4.79. The zero-order valence-corrected chi connectivity index (χ0v) is 18.2. The quantitative estimate of drug-likeness (QED) is 0.455. The summed E-state index contributed by atoms with van der Waals surface area (Å²) in [5.74, 6) is -0.548. The molecule has 3 aliphatic rings. The van der Waals surface area contributed by atoms with Crippen LogP contribution < -0.4 is 4.74 Å². The van der Waals surface area contributed by atoms with E-state index in [-0.39, 0.29) is 23.6 Å². The molecule has 0 saturated heterocycles. The molecule has 1 aromatic carbocycles. The smallest absolute Gasteiger partial charge is 0.387 e. The van der Waals surface area contributed by atoms with Gasteiger partial charge in [-0.1, -0.05) is 6.07 Å². The van der Waals surface area contributed by atoms with Crippen LogP contribution in [-0.4, -0.2) is 48.8 Å². The van der Waals surface area contributed by atoms with Gasteiger partial charge in [-0.3, -0.25) is 9.48 Å². The molecule has 2 atom stereocenters. The summed E-state index contributed by atoms with van der Waals surface area (Å²) >= 11 is 0. The van der Waals surface area contributed by atoms with Gasteiger partial charge in [0.25, 0.3) is 5.91 Å². The van der Waals surface area contributed by atoms with E-state index in [0.717, 1.165) is 35.4 Å². The number of benzene rings is 1. The fourth-order valence-electron chi connectivity index (χ4n) is 5.39. The van der Waals surface area contributed by atoms with E-state index in [1.807, 2.05) is 29.3 Å². The van der Waals surface area contributed by atoms with Gasteiger partial charge >= 0.3 is 6.61 Å². The maximum atomic E-state index is 13.2. The Hall–Kier alpha value is -3.82. The van der Waals surface area contributed by atoms with Crippen LogP contribution in [0.5, 0.6) is 5.75 Å². The summed E-state index contributed by atoms with van der Waals surface area (Å²) in [6.45, 7) is -2.99. The van der Waals surface area contributed by atoms with Gasteiger partial charge in [0.1, 0.15) is 5.75 Å². The van der Waals surface area contributed by atoms with Gasteiger partial charge in [-0.25, -0.2) is 9.50 Å². The summed E-state index contributed by atoms with van der Waals surface area (Å²) in [5, 5.41) is 9.22. The minimum absolute atomic E-state index is 0.0222. The Morgan fingerprint density at radius 3 is 2.82 bits per heavy atom. The van der Waals surface area contributed by atoms with Crippen molar-refractivity contribution in [2.24, 2.45) is 0 Å². The van der Waals surface area contributed by atoms with Crippen LogP contribution in [0.4, 0.5) is 8.78 Å². The van der Waals surface area contributed by atoms with Gasteiger partial charge in [0.2, 0.25) is 0 Å². The van der Waals surface area contributed by atoms with Crippen molar-refractivity contribution in [3.05, 3.63) is 65.2 Å². The van der Waals surface area contributed by atoms with Crippen molar-refractivity contribution in [2.45, 2.75) is 43.9 Å². The predicted octanol–water partition coefficient (Wildman–Crippen LogP) is 4.19. The number of hydrogen-bond donors (Lipinski definition) is 0. The molecule has 4 aromatic rings. The van der Waals surface area contributed by atoms with Gasteiger partial charge in [-0.2, -0.15) is 19.0 Å². The molecule has 1 saturated carbocycles. The lowest BCUT2D eigenvalue weighted by Crippen LogP contribution is -2.30. The third kappa shape index (κ3) is 2.74. The number of halogens is 2. The van der Waals surface area contributed by atoms with E-state index < -0.39 is 6.61 Å². The Morgan fingerprint density at radius 1 is 1.18 bits per heavy atom. The van der Waals surface area contributed by atoms with Gasteiger partial charge in [0, 0.05) is 47.6 Å². The van der Waals surface area contributed by atoms with E-state index in [1.165, 1.54) is 6.07 Å². The number of fused-ring (bicyclic) bond motifs is 9. The molecule has 4 heterocycles. The number of rotatable bonds is 4. The van der Waals surface area contributed by atoms with Crippen molar-refractivity contribution < 1.29 is 18.3 Å². The van der Waals surface area contributed by atoms with Crippen molar-refractivity contribution in [3.63, 3.8) is 0 Å². The van der Waals surface area contributed by atoms with E-state index in [2.05, 4.69) is 5.10 Å². The minimum Gasteiger partial charge on any atom is -0.434 e. The molecule has 2 bridgehead atoms. The Balaban J connectivity index is 1.42. The molecule has 1 fully saturated rings. The second-order valence-corrected chi connectivity index (χ2v) is 9.14. The fourth-order valence-corrected chi connectivity index (χ4v) is 5.39. The maximum Gasteiger partial charge on any atom is 0.387 e. The summed E-state index contributed by atoms with van der Waals surface area (Å²) in [6, 6.07) is 6.82. The average Bonchev–Trinajstić information content (AvgIpc) is 3.30. The van der Waals surface area contributed by atoms with Crippen LogP contribution in [0.15, 0.2) is 42.9 Å². The number of alkyl halides is 2. The molecule has 8 nitrogen and oxygen atoms in total. The largest absolute Gasteiger partial charge is 0.434 e. The Morgan fingerprint density at radius 2 is 2.03 bits per heavy atom. The summed E-state index contributed by atoms with van der Waals surface area (Å²) in [4.78, 5) is 19.8. The monoisotopic (exact) mass is 462 g/mol. The molecule has 34 heavy (non-hydrogen) atoms. The van der Waals surface area contributed by atoms with Gasteiger partial charge in [-0.05, 0) is 37.5 Å². The highest BCUT2D eigenvalue weighted by Crippen LogP contribution is 2.53. The first-order valence-corrected chi connectivity index (χ1v) is 11.3. The first kappa shape index (κ1) is 19.6.